The van der Waals surface area contributed by atoms with Gasteiger partial charge in [-0.15, -0.1) is 11.8 Å². The number of carbonyl (C=O) groups is 1. The molecule has 0 saturated carbocycles. The van der Waals surface area contributed by atoms with Crippen molar-refractivity contribution in [3.63, 3.8) is 0 Å². The maximum atomic E-state index is 12.1. The molecule has 0 saturated heterocycles. The maximum absolute atomic E-state index is 12.1. The Bertz CT molecular complexity index is 730. The lowest BCUT2D eigenvalue weighted by Crippen LogP contribution is -2.12. The number of thioether (sulfide) groups is 1. The Balaban J connectivity index is 1.51. The highest BCUT2D eigenvalue weighted by molar-refractivity contribution is 7.99. The van der Waals surface area contributed by atoms with Crippen LogP contribution < -0.4 is 14.8 Å². The number of benzene rings is 2. The lowest BCUT2D eigenvalue weighted by molar-refractivity contribution is -0.115. The molecular formula is C18H19NO3S. The average molecular weight is 329 g/mol. The van der Waals surface area contributed by atoms with E-state index in [2.05, 4.69) is 37.4 Å². The fourth-order valence-corrected chi connectivity index (χ4v) is 3.39. The molecule has 2 aromatic carbocycles. The molecular weight excluding hydrogens is 310 g/mol. The molecule has 0 atom stereocenters. The molecule has 0 aromatic heterocycles. The highest BCUT2D eigenvalue weighted by atomic mass is 32.2. The highest BCUT2D eigenvalue weighted by Gasteiger charge is 2.14. The summed E-state index contributed by atoms with van der Waals surface area (Å²) in [5, 5.41) is 2.90. The number of hydrogen-bond donors (Lipinski definition) is 1. The van der Waals surface area contributed by atoms with Crippen LogP contribution in [0.3, 0.4) is 0 Å². The van der Waals surface area contributed by atoms with Crippen LogP contribution in [0.4, 0.5) is 5.69 Å². The van der Waals surface area contributed by atoms with E-state index in [1.54, 1.807) is 17.8 Å². The first-order valence-corrected chi connectivity index (χ1v) is 8.50. The predicted octanol–water partition coefficient (Wildman–Crippen LogP) is 4.15. The fourth-order valence-electron chi connectivity index (χ4n) is 2.31. The zero-order valence-electron chi connectivity index (χ0n) is 13.2. The second-order valence-corrected chi connectivity index (χ2v) is 6.62. The summed E-state index contributed by atoms with van der Waals surface area (Å²) in [6, 6.07) is 11.8. The molecule has 0 aliphatic carbocycles. The SMILES string of the molecule is Cc1ccc(C)c(SCCC(=O)Nc2ccc3c(c2)OCO3)c1. The van der Waals surface area contributed by atoms with Gasteiger partial charge in [0.25, 0.3) is 0 Å². The van der Waals surface area contributed by atoms with E-state index in [4.69, 9.17) is 9.47 Å². The molecule has 1 N–H and O–H groups in total. The van der Waals surface area contributed by atoms with Gasteiger partial charge in [0, 0.05) is 28.8 Å². The van der Waals surface area contributed by atoms with Gasteiger partial charge in [-0.05, 0) is 37.6 Å². The van der Waals surface area contributed by atoms with Gasteiger partial charge in [-0.1, -0.05) is 17.7 Å². The van der Waals surface area contributed by atoms with Crippen molar-refractivity contribution in [1.29, 1.82) is 0 Å². The summed E-state index contributed by atoms with van der Waals surface area (Å²) in [6.45, 7) is 4.41. The Kier molecular flexibility index (Phi) is 4.76. The van der Waals surface area contributed by atoms with Crippen molar-refractivity contribution in [2.45, 2.75) is 25.2 Å². The van der Waals surface area contributed by atoms with E-state index in [-0.39, 0.29) is 12.7 Å². The summed E-state index contributed by atoms with van der Waals surface area (Å²) < 4.78 is 10.6. The standard InChI is InChI=1S/C18H19NO3S/c1-12-3-4-13(2)17(9-12)23-8-7-18(20)19-14-5-6-15-16(10-14)22-11-21-15/h3-6,9-10H,7-8,11H2,1-2H3,(H,19,20). The van der Waals surface area contributed by atoms with E-state index in [1.807, 2.05) is 12.1 Å². The molecule has 4 nitrogen and oxygen atoms in total. The Morgan fingerprint density at radius 1 is 1.13 bits per heavy atom. The van der Waals surface area contributed by atoms with Gasteiger partial charge >= 0.3 is 0 Å². The predicted molar refractivity (Wildman–Crippen MR) is 92.5 cm³/mol. The molecule has 3 rings (SSSR count). The van der Waals surface area contributed by atoms with Crippen LogP contribution in [-0.4, -0.2) is 18.5 Å². The minimum absolute atomic E-state index is 0.00155. The van der Waals surface area contributed by atoms with Crippen molar-refractivity contribution in [3.05, 3.63) is 47.5 Å². The number of rotatable bonds is 5. The van der Waals surface area contributed by atoms with Gasteiger partial charge in [0.1, 0.15) is 0 Å². The lowest BCUT2D eigenvalue weighted by atomic mass is 10.2. The largest absolute Gasteiger partial charge is 0.454 e. The van der Waals surface area contributed by atoms with Crippen molar-refractivity contribution >= 4 is 23.4 Å². The second-order valence-electron chi connectivity index (χ2n) is 5.48. The van der Waals surface area contributed by atoms with Gasteiger partial charge in [0.2, 0.25) is 12.7 Å². The summed E-state index contributed by atoms with van der Waals surface area (Å²) in [6.07, 6.45) is 0.465. The van der Waals surface area contributed by atoms with E-state index in [9.17, 15) is 4.79 Å². The number of hydrogen-bond acceptors (Lipinski definition) is 4. The Morgan fingerprint density at radius 2 is 1.96 bits per heavy atom. The normalized spacial score (nSPS) is 12.3. The van der Waals surface area contributed by atoms with Gasteiger partial charge < -0.3 is 14.8 Å². The highest BCUT2D eigenvalue weighted by Crippen LogP contribution is 2.34. The first-order valence-electron chi connectivity index (χ1n) is 7.51. The molecule has 1 heterocycles. The average Bonchev–Trinajstić information content (AvgIpc) is 2.98. The number of amides is 1. The maximum Gasteiger partial charge on any atom is 0.231 e. The van der Waals surface area contributed by atoms with Crippen molar-refractivity contribution in [1.82, 2.24) is 0 Å². The number of anilines is 1. The Hall–Kier alpha value is -2.14. The molecule has 120 valence electrons. The van der Waals surface area contributed by atoms with Crippen LogP contribution in [0.2, 0.25) is 0 Å². The van der Waals surface area contributed by atoms with Crippen LogP contribution in [0.1, 0.15) is 17.5 Å². The van der Waals surface area contributed by atoms with Gasteiger partial charge in [-0.2, -0.15) is 0 Å². The fraction of sp³-hybridized carbons (Fsp3) is 0.278. The second kappa shape index (κ2) is 6.96. The minimum Gasteiger partial charge on any atom is -0.454 e. The first kappa shape index (κ1) is 15.7. The van der Waals surface area contributed by atoms with Crippen molar-refractivity contribution in [2.24, 2.45) is 0 Å². The molecule has 1 aliphatic rings. The smallest absolute Gasteiger partial charge is 0.231 e. The Labute approximate surface area is 140 Å². The van der Waals surface area contributed by atoms with Gasteiger partial charge in [0.05, 0.1) is 0 Å². The molecule has 0 radical (unpaired) electrons. The van der Waals surface area contributed by atoms with Crippen molar-refractivity contribution in [3.8, 4) is 11.5 Å². The summed E-state index contributed by atoms with van der Waals surface area (Å²) in [7, 11) is 0. The minimum atomic E-state index is 0.00155. The Morgan fingerprint density at radius 3 is 2.83 bits per heavy atom. The van der Waals surface area contributed by atoms with Crippen molar-refractivity contribution in [2.75, 3.05) is 17.9 Å². The van der Waals surface area contributed by atoms with Crippen LogP contribution in [0, 0.1) is 13.8 Å². The van der Waals surface area contributed by atoms with E-state index in [0.717, 1.165) is 11.4 Å². The zero-order chi connectivity index (χ0) is 16.2. The molecule has 0 bridgehead atoms. The quantitative estimate of drug-likeness (QED) is 0.837. The number of ether oxygens (including phenoxy) is 2. The summed E-state index contributed by atoms with van der Waals surface area (Å²) in [5.41, 5.74) is 3.22. The number of carbonyl (C=O) groups excluding carboxylic acids is 1. The molecule has 0 unspecified atom stereocenters. The number of fused-ring (bicyclic) bond motifs is 1. The molecule has 5 heteroatoms. The zero-order valence-corrected chi connectivity index (χ0v) is 14.0. The third kappa shape index (κ3) is 3.99. The van der Waals surface area contributed by atoms with Crippen LogP contribution in [0.15, 0.2) is 41.3 Å². The van der Waals surface area contributed by atoms with Crippen LogP contribution in [0.25, 0.3) is 0 Å². The van der Waals surface area contributed by atoms with Gasteiger partial charge in [0.15, 0.2) is 11.5 Å². The third-order valence-electron chi connectivity index (χ3n) is 3.59. The first-order chi connectivity index (χ1) is 11.1. The number of nitrogens with one attached hydrogen (secondary N) is 1. The van der Waals surface area contributed by atoms with Crippen LogP contribution in [-0.2, 0) is 4.79 Å². The monoisotopic (exact) mass is 329 g/mol. The topological polar surface area (TPSA) is 47.6 Å². The van der Waals surface area contributed by atoms with Crippen LogP contribution >= 0.6 is 11.8 Å². The van der Waals surface area contributed by atoms with Crippen LogP contribution in [0.5, 0.6) is 11.5 Å². The van der Waals surface area contributed by atoms with E-state index < -0.39 is 0 Å². The third-order valence-corrected chi connectivity index (χ3v) is 4.75. The van der Waals surface area contributed by atoms with Crippen molar-refractivity contribution < 1.29 is 14.3 Å². The molecule has 2 aromatic rings. The van der Waals surface area contributed by atoms with Gasteiger partial charge in [-0.3, -0.25) is 4.79 Å². The molecule has 0 fully saturated rings. The van der Waals surface area contributed by atoms with E-state index in [0.29, 0.717) is 17.9 Å². The summed E-state index contributed by atoms with van der Waals surface area (Å²) in [4.78, 5) is 13.3. The molecule has 0 spiro atoms. The molecule has 23 heavy (non-hydrogen) atoms. The molecule has 1 aliphatic heterocycles. The summed E-state index contributed by atoms with van der Waals surface area (Å²) >= 11 is 1.71. The number of aryl methyl sites for hydroxylation is 2. The van der Waals surface area contributed by atoms with E-state index in [1.165, 1.54) is 16.0 Å². The summed E-state index contributed by atoms with van der Waals surface area (Å²) in [5.74, 6) is 2.14. The van der Waals surface area contributed by atoms with E-state index >= 15 is 0 Å². The van der Waals surface area contributed by atoms with Gasteiger partial charge in [-0.25, -0.2) is 0 Å². The molecule has 1 amide bonds. The lowest BCUT2D eigenvalue weighted by Gasteiger charge is -2.08.